The summed E-state index contributed by atoms with van der Waals surface area (Å²) in [5.41, 5.74) is 4.77. The Hall–Kier alpha value is -2.15. The molecule has 2 aliphatic rings. The number of hydrogen-bond acceptors (Lipinski definition) is 5. The Morgan fingerprint density at radius 1 is 1.11 bits per heavy atom. The molecule has 6 nitrogen and oxygen atoms in total. The third-order valence-corrected chi connectivity index (χ3v) is 5.93. The second-order valence-corrected chi connectivity index (χ2v) is 7.89. The van der Waals surface area contributed by atoms with Gasteiger partial charge in [-0.15, -0.1) is 0 Å². The van der Waals surface area contributed by atoms with Crippen LogP contribution in [0, 0.1) is 0 Å². The van der Waals surface area contributed by atoms with E-state index >= 15 is 0 Å². The van der Waals surface area contributed by atoms with Gasteiger partial charge in [0.05, 0.1) is 6.04 Å². The number of nitrogens with one attached hydrogen (secondary N) is 2. The van der Waals surface area contributed by atoms with Crippen LogP contribution in [0.25, 0.3) is 10.9 Å². The van der Waals surface area contributed by atoms with Gasteiger partial charge in [-0.2, -0.15) is 0 Å². The van der Waals surface area contributed by atoms with E-state index in [2.05, 4.69) is 49.2 Å². The molecule has 5 rings (SSSR count). The normalized spacial score (nSPS) is 20.8. The van der Waals surface area contributed by atoms with Crippen molar-refractivity contribution >= 4 is 28.5 Å². The minimum absolute atomic E-state index is 0.0847. The molecule has 1 fully saturated rings. The summed E-state index contributed by atoms with van der Waals surface area (Å²) in [4.78, 5) is 17.5. The second kappa shape index (κ2) is 6.78. The molecule has 0 bridgehead atoms. The number of benzene rings is 1. The molecule has 0 amide bonds. The molecular weight excluding hydrogens is 360 g/mol. The lowest BCUT2D eigenvalue weighted by molar-refractivity contribution is 0.311. The van der Waals surface area contributed by atoms with Gasteiger partial charge < -0.3 is 20.1 Å². The van der Waals surface area contributed by atoms with Gasteiger partial charge in [0.15, 0.2) is 0 Å². The highest BCUT2D eigenvalue weighted by molar-refractivity contribution is 6.31. The molecule has 2 N–H and O–H groups in total. The molecule has 7 heteroatoms. The minimum atomic E-state index is 0.0847. The van der Waals surface area contributed by atoms with Crippen LogP contribution in [0.3, 0.4) is 0 Å². The summed E-state index contributed by atoms with van der Waals surface area (Å²) in [5.74, 6) is 0.825. The maximum Gasteiger partial charge on any atom is 0.225 e. The molecule has 1 saturated heterocycles. The van der Waals surface area contributed by atoms with Gasteiger partial charge in [-0.3, -0.25) is 0 Å². The smallest absolute Gasteiger partial charge is 0.225 e. The summed E-state index contributed by atoms with van der Waals surface area (Å²) < 4.78 is 0. The van der Waals surface area contributed by atoms with Gasteiger partial charge in [-0.1, -0.05) is 11.6 Å². The lowest BCUT2D eigenvalue weighted by Crippen LogP contribution is -2.45. The summed E-state index contributed by atoms with van der Waals surface area (Å²) in [6.45, 7) is 4.98. The number of halogens is 1. The van der Waals surface area contributed by atoms with Gasteiger partial charge in [-0.05, 0) is 37.2 Å². The zero-order valence-electron chi connectivity index (χ0n) is 15.4. The number of nitrogens with zero attached hydrogens (tertiary/aromatic N) is 4. The lowest BCUT2D eigenvalue weighted by Gasteiger charge is -2.32. The zero-order valence-corrected chi connectivity index (χ0v) is 16.1. The first-order chi connectivity index (χ1) is 13.2. The number of anilines is 1. The van der Waals surface area contributed by atoms with E-state index in [4.69, 9.17) is 11.6 Å². The summed E-state index contributed by atoms with van der Waals surface area (Å²) in [5, 5.41) is 5.61. The van der Waals surface area contributed by atoms with E-state index in [1.54, 1.807) is 0 Å². The molecule has 2 aromatic heterocycles. The predicted molar refractivity (Wildman–Crippen MR) is 109 cm³/mol. The number of fused-ring (bicyclic) bond motifs is 3. The molecule has 0 radical (unpaired) electrons. The van der Waals surface area contributed by atoms with Crippen LogP contribution in [0.5, 0.6) is 0 Å². The first-order valence-electron chi connectivity index (χ1n) is 9.48. The number of likely N-dealkylation sites (N-methyl/N-ethyl adjacent to an activating group) is 1. The van der Waals surface area contributed by atoms with Crippen molar-refractivity contribution in [3.8, 4) is 0 Å². The maximum atomic E-state index is 6.21. The molecule has 4 heterocycles. The summed E-state index contributed by atoms with van der Waals surface area (Å²) >= 11 is 6.21. The van der Waals surface area contributed by atoms with Crippen molar-refractivity contribution in [1.29, 1.82) is 0 Å². The van der Waals surface area contributed by atoms with Gasteiger partial charge in [0.1, 0.15) is 0 Å². The first kappa shape index (κ1) is 17.0. The lowest BCUT2D eigenvalue weighted by atomic mass is 9.96. The molecular formula is C20H23ClN6. The average Bonchev–Trinajstić information content (AvgIpc) is 3.07. The number of aromatic nitrogens is 3. The number of piperazine rings is 1. The molecule has 1 atom stereocenters. The SMILES string of the molecule is CN1CCN(c2ncc(C3NCCc4c3[nH]c3ccc(Cl)cc43)cn2)CC1. The number of aromatic amines is 1. The third kappa shape index (κ3) is 3.08. The van der Waals surface area contributed by atoms with Crippen LogP contribution in [0.15, 0.2) is 30.6 Å². The number of hydrogen-bond donors (Lipinski definition) is 2. The Morgan fingerprint density at radius 2 is 1.89 bits per heavy atom. The average molecular weight is 383 g/mol. The maximum absolute atomic E-state index is 6.21. The van der Waals surface area contributed by atoms with E-state index in [1.807, 2.05) is 18.5 Å². The molecule has 1 aromatic carbocycles. The second-order valence-electron chi connectivity index (χ2n) is 7.45. The zero-order chi connectivity index (χ0) is 18.4. The van der Waals surface area contributed by atoms with Gasteiger partial charge in [0, 0.05) is 72.3 Å². The summed E-state index contributed by atoms with van der Waals surface area (Å²) in [7, 11) is 2.15. The van der Waals surface area contributed by atoms with E-state index in [-0.39, 0.29) is 6.04 Å². The van der Waals surface area contributed by atoms with Crippen molar-refractivity contribution in [3.05, 3.63) is 52.4 Å². The Kier molecular flexibility index (Phi) is 4.27. The van der Waals surface area contributed by atoms with Crippen LogP contribution >= 0.6 is 11.6 Å². The van der Waals surface area contributed by atoms with Gasteiger partial charge in [0.25, 0.3) is 0 Å². The highest BCUT2D eigenvalue weighted by Gasteiger charge is 2.26. The fourth-order valence-corrected chi connectivity index (χ4v) is 4.31. The standard InChI is InChI=1S/C20H23ClN6/c1-26-6-8-27(9-7-26)20-23-11-13(12-24-20)18-19-15(4-5-22-18)16-10-14(21)2-3-17(16)25-19/h2-3,10-12,18,22,25H,4-9H2,1H3. The molecule has 0 aliphatic carbocycles. The predicted octanol–water partition coefficient (Wildman–Crippen LogP) is 2.60. The monoisotopic (exact) mass is 382 g/mol. The van der Waals surface area contributed by atoms with Crippen molar-refractivity contribution in [2.45, 2.75) is 12.5 Å². The first-order valence-corrected chi connectivity index (χ1v) is 9.85. The Bertz CT molecular complexity index is 959. The Labute approximate surface area is 163 Å². The highest BCUT2D eigenvalue weighted by atomic mass is 35.5. The van der Waals surface area contributed by atoms with Crippen LogP contribution < -0.4 is 10.2 Å². The van der Waals surface area contributed by atoms with Crippen molar-refractivity contribution in [2.75, 3.05) is 44.7 Å². The Morgan fingerprint density at radius 3 is 2.67 bits per heavy atom. The Balaban J connectivity index is 1.45. The minimum Gasteiger partial charge on any atom is -0.357 e. The number of rotatable bonds is 2. The van der Waals surface area contributed by atoms with Gasteiger partial charge in [-0.25, -0.2) is 9.97 Å². The van der Waals surface area contributed by atoms with E-state index in [0.717, 1.165) is 61.2 Å². The fourth-order valence-electron chi connectivity index (χ4n) is 4.13. The molecule has 2 aliphatic heterocycles. The quantitative estimate of drug-likeness (QED) is 0.713. The summed E-state index contributed by atoms with van der Waals surface area (Å²) in [6, 6.07) is 6.13. The van der Waals surface area contributed by atoms with Crippen molar-refractivity contribution < 1.29 is 0 Å². The molecule has 140 valence electrons. The van der Waals surface area contributed by atoms with Crippen LogP contribution in [0.4, 0.5) is 5.95 Å². The van der Waals surface area contributed by atoms with Crippen molar-refractivity contribution in [2.24, 2.45) is 0 Å². The fraction of sp³-hybridized carbons (Fsp3) is 0.400. The molecule has 1 unspecified atom stereocenters. The van der Waals surface area contributed by atoms with E-state index in [9.17, 15) is 0 Å². The topological polar surface area (TPSA) is 60.1 Å². The summed E-state index contributed by atoms with van der Waals surface area (Å²) in [6.07, 6.45) is 4.92. The van der Waals surface area contributed by atoms with E-state index in [0.29, 0.717) is 0 Å². The highest BCUT2D eigenvalue weighted by Crippen LogP contribution is 2.34. The molecule has 3 aromatic rings. The van der Waals surface area contributed by atoms with Gasteiger partial charge in [0.2, 0.25) is 5.95 Å². The van der Waals surface area contributed by atoms with Crippen LogP contribution in [-0.4, -0.2) is 59.6 Å². The van der Waals surface area contributed by atoms with Crippen molar-refractivity contribution in [1.82, 2.24) is 25.2 Å². The van der Waals surface area contributed by atoms with E-state index in [1.165, 1.54) is 16.6 Å². The molecule has 0 spiro atoms. The van der Waals surface area contributed by atoms with Crippen LogP contribution in [0.1, 0.15) is 22.9 Å². The van der Waals surface area contributed by atoms with Crippen LogP contribution in [-0.2, 0) is 6.42 Å². The number of H-pyrrole nitrogens is 1. The largest absolute Gasteiger partial charge is 0.357 e. The third-order valence-electron chi connectivity index (χ3n) is 5.69. The van der Waals surface area contributed by atoms with Crippen molar-refractivity contribution in [3.63, 3.8) is 0 Å². The van der Waals surface area contributed by atoms with E-state index < -0.39 is 0 Å². The van der Waals surface area contributed by atoms with Crippen LogP contribution in [0.2, 0.25) is 5.02 Å². The van der Waals surface area contributed by atoms with Gasteiger partial charge >= 0.3 is 0 Å². The molecule has 27 heavy (non-hydrogen) atoms. The molecule has 0 saturated carbocycles.